The van der Waals surface area contributed by atoms with Gasteiger partial charge in [0.15, 0.2) is 12.2 Å². The molecule has 0 aliphatic carbocycles. The molecule has 0 saturated carbocycles. The summed E-state index contributed by atoms with van der Waals surface area (Å²) >= 11 is 0. The number of carbonyl (C=O) groups excluding carboxylic acids is 5. The van der Waals surface area contributed by atoms with Crippen LogP contribution in [0.5, 0.6) is 0 Å². The number of rotatable bonds is 16. The van der Waals surface area contributed by atoms with Gasteiger partial charge in [-0.15, -0.1) is 0 Å². The summed E-state index contributed by atoms with van der Waals surface area (Å²) in [5.74, 6) is -3.05. The van der Waals surface area contributed by atoms with Gasteiger partial charge >= 0.3 is 24.0 Å². The molecule has 1 unspecified atom stereocenters. The Hall–Kier alpha value is -4.52. The van der Waals surface area contributed by atoms with E-state index in [1.807, 2.05) is 63.2 Å². The molecular formula is C44H63FN2O10. The zero-order valence-electron chi connectivity index (χ0n) is 35.6. The summed E-state index contributed by atoms with van der Waals surface area (Å²) in [7, 11) is 2.72. The van der Waals surface area contributed by atoms with Gasteiger partial charge in [-0.25, -0.2) is 23.6 Å². The fourth-order valence-corrected chi connectivity index (χ4v) is 6.35. The maximum Gasteiger partial charge on any atom is 0.410 e. The van der Waals surface area contributed by atoms with Crippen molar-refractivity contribution in [1.29, 1.82) is 0 Å². The highest BCUT2D eigenvalue weighted by Gasteiger charge is 2.41. The summed E-state index contributed by atoms with van der Waals surface area (Å²) in [5.41, 5.74) is -0.790. The van der Waals surface area contributed by atoms with Crippen molar-refractivity contribution in [3.05, 3.63) is 71.3 Å². The molecule has 2 amide bonds. The lowest BCUT2D eigenvalue weighted by atomic mass is 9.87. The minimum atomic E-state index is -1.92. The van der Waals surface area contributed by atoms with Gasteiger partial charge in [0.2, 0.25) is 0 Å². The topological polar surface area (TPSA) is 138 Å². The van der Waals surface area contributed by atoms with Crippen LogP contribution in [0.25, 0.3) is 0 Å². The molecule has 0 N–H and O–H groups in total. The molecule has 1 aliphatic rings. The van der Waals surface area contributed by atoms with Crippen molar-refractivity contribution in [2.75, 3.05) is 27.3 Å². The molecule has 12 nitrogen and oxygen atoms in total. The minimum absolute atomic E-state index is 0.0157. The molecule has 0 spiro atoms. The van der Waals surface area contributed by atoms with Crippen molar-refractivity contribution in [2.24, 2.45) is 5.41 Å². The fraction of sp³-hybridized carbons (Fsp3) is 0.614. The van der Waals surface area contributed by atoms with Gasteiger partial charge in [-0.05, 0) is 88.8 Å². The number of benzene rings is 2. The number of esters is 3. The van der Waals surface area contributed by atoms with Crippen LogP contribution in [0.4, 0.5) is 9.18 Å². The molecule has 0 aromatic heterocycles. The number of amides is 2. The summed E-state index contributed by atoms with van der Waals surface area (Å²) in [6, 6.07) is 14.0. The third-order valence-corrected chi connectivity index (χ3v) is 9.47. The van der Waals surface area contributed by atoms with Crippen molar-refractivity contribution in [2.45, 2.75) is 143 Å². The van der Waals surface area contributed by atoms with E-state index in [0.29, 0.717) is 24.7 Å². The van der Waals surface area contributed by atoms with Crippen molar-refractivity contribution in [3.63, 3.8) is 0 Å². The van der Waals surface area contributed by atoms with E-state index in [0.717, 1.165) is 33.8 Å². The molecule has 3 rings (SSSR count). The second-order valence-corrected chi connectivity index (χ2v) is 17.7. The monoisotopic (exact) mass is 798 g/mol. The Kier molecular flexibility index (Phi) is 16.7. The molecule has 13 heteroatoms. The summed E-state index contributed by atoms with van der Waals surface area (Å²) in [5, 5.41) is 0. The summed E-state index contributed by atoms with van der Waals surface area (Å²) in [6.07, 6.45) is -2.31. The first-order chi connectivity index (χ1) is 26.4. The number of carbonyl (C=O) groups is 5. The molecule has 2 aromatic rings. The van der Waals surface area contributed by atoms with Gasteiger partial charge in [-0.1, -0.05) is 75.4 Å². The third-order valence-electron chi connectivity index (χ3n) is 9.47. The van der Waals surface area contributed by atoms with E-state index < -0.39 is 77.3 Å². The molecule has 316 valence electrons. The Morgan fingerprint density at radius 2 is 1.32 bits per heavy atom. The first kappa shape index (κ1) is 46.9. The van der Waals surface area contributed by atoms with Crippen LogP contribution in [0.1, 0.15) is 111 Å². The van der Waals surface area contributed by atoms with Crippen LogP contribution in [-0.2, 0) is 55.9 Å². The van der Waals surface area contributed by atoms with E-state index in [9.17, 15) is 24.0 Å². The number of halogens is 1. The normalized spacial score (nSPS) is 16.0. The second-order valence-electron chi connectivity index (χ2n) is 17.7. The van der Waals surface area contributed by atoms with E-state index in [2.05, 4.69) is 0 Å². The lowest BCUT2D eigenvalue weighted by Crippen LogP contribution is -2.53. The number of ether oxygens (including phenoxy) is 5. The maximum absolute atomic E-state index is 15.2. The molecule has 0 bridgehead atoms. The average Bonchev–Trinajstić information content (AvgIpc) is 3.13. The molecular weight excluding hydrogens is 735 g/mol. The molecule has 2 aromatic carbocycles. The quantitative estimate of drug-likeness (QED) is 0.125. The smallest absolute Gasteiger partial charge is 0.410 e. The number of likely N-dealkylation sites (N-methyl/N-ethyl adjacent to an activating group) is 2. The lowest BCUT2D eigenvalue weighted by molar-refractivity contribution is -0.174. The predicted molar refractivity (Wildman–Crippen MR) is 213 cm³/mol. The van der Waals surface area contributed by atoms with E-state index >= 15 is 4.39 Å². The molecule has 1 heterocycles. The Morgan fingerprint density at radius 3 is 1.86 bits per heavy atom. The highest BCUT2D eigenvalue weighted by Crippen LogP contribution is 2.29. The van der Waals surface area contributed by atoms with E-state index in [-0.39, 0.29) is 19.4 Å². The highest BCUT2D eigenvalue weighted by atomic mass is 19.1. The van der Waals surface area contributed by atoms with Crippen LogP contribution >= 0.6 is 0 Å². The van der Waals surface area contributed by atoms with Crippen molar-refractivity contribution in [3.8, 4) is 0 Å². The largest absolute Gasteiger partial charge is 0.458 e. The van der Waals surface area contributed by atoms with Gasteiger partial charge in [0, 0.05) is 40.2 Å². The molecule has 1 aliphatic heterocycles. The van der Waals surface area contributed by atoms with Crippen molar-refractivity contribution in [1.82, 2.24) is 9.80 Å². The van der Waals surface area contributed by atoms with Gasteiger partial charge in [0.25, 0.3) is 5.91 Å². The Bertz CT molecular complexity index is 1640. The van der Waals surface area contributed by atoms with E-state index in [1.165, 1.54) is 34.9 Å². The SMILES string of the molecule is C[C@@H](OC(=O)[C@H](CC(C)(C)C)N(C)C(=O)C(Cc1ccc(C2CCOCC2)cc1)OC(=O)[C@H](CC(C)(C)F)N(C)C(=O)OC(C)(C)C)C(=O)OCc1ccccc1. The number of nitrogens with zero attached hydrogens (tertiary/aromatic N) is 2. The van der Waals surface area contributed by atoms with Crippen LogP contribution in [0.15, 0.2) is 54.6 Å². The number of hydrogen-bond donors (Lipinski definition) is 0. The third kappa shape index (κ3) is 15.7. The van der Waals surface area contributed by atoms with E-state index in [4.69, 9.17) is 23.7 Å². The number of hydrogen-bond acceptors (Lipinski definition) is 10. The molecule has 4 atom stereocenters. The molecule has 1 fully saturated rings. The first-order valence-corrected chi connectivity index (χ1v) is 19.6. The van der Waals surface area contributed by atoms with Crippen molar-refractivity contribution >= 4 is 29.9 Å². The van der Waals surface area contributed by atoms with E-state index in [1.54, 1.807) is 32.9 Å². The van der Waals surface area contributed by atoms with Gasteiger partial charge < -0.3 is 28.6 Å². The van der Waals surface area contributed by atoms with Gasteiger partial charge in [0.1, 0.15) is 30.0 Å². The minimum Gasteiger partial charge on any atom is -0.458 e. The van der Waals surface area contributed by atoms with Gasteiger partial charge in [-0.2, -0.15) is 0 Å². The van der Waals surface area contributed by atoms with Crippen LogP contribution in [0, 0.1) is 5.41 Å². The lowest BCUT2D eigenvalue weighted by Gasteiger charge is -2.35. The first-order valence-electron chi connectivity index (χ1n) is 19.6. The predicted octanol–water partition coefficient (Wildman–Crippen LogP) is 7.35. The zero-order valence-corrected chi connectivity index (χ0v) is 35.6. The van der Waals surface area contributed by atoms with Crippen LogP contribution < -0.4 is 0 Å². The average molecular weight is 799 g/mol. The van der Waals surface area contributed by atoms with Crippen LogP contribution in [-0.4, -0.2) is 103 Å². The van der Waals surface area contributed by atoms with Crippen molar-refractivity contribution < 1.29 is 52.0 Å². The van der Waals surface area contributed by atoms with Crippen LogP contribution in [0.2, 0.25) is 0 Å². The standard InChI is InChI=1S/C44H63FN2O10/c1-29(38(49)54-28-31-15-13-12-14-16-31)55-39(50)34(26-42(2,3)4)46(10)37(48)36(25-30-17-19-32(20-18-30)33-21-23-53-24-22-33)56-40(51)35(27-44(8,9)45)47(11)41(52)57-43(5,6)7/h12-20,29,33-36H,21-28H2,1-11H3/t29-,34+,35+,36?/m1/s1. The zero-order chi connectivity index (χ0) is 42.7. The second kappa shape index (κ2) is 20.3. The fourth-order valence-electron chi connectivity index (χ4n) is 6.35. The molecule has 57 heavy (non-hydrogen) atoms. The summed E-state index contributed by atoms with van der Waals surface area (Å²) in [6.45, 7) is 15.9. The summed E-state index contributed by atoms with van der Waals surface area (Å²) in [4.78, 5) is 70.6. The maximum atomic E-state index is 15.2. The Balaban J connectivity index is 1.94. The Labute approximate surface area is 337 Å². The van der Waals surface area contributed by atoms with Gasteiger partial charge in [-0.3, -0.25) is 9.69 Å². The van der Waals surface area contributed by atoms with Crippen LogP contribution in [0.3, 0.4) is 0 Å². The van der Waals surface area contributed by atoms with Gasteiger partial charge in [0.05, 0.1) is 0 Å². The summed E-state index contributed by atoms with van der Waals surface area (Å²) < 4.78 is 43.1. The highest BCUT2D eigenvalue weighted by molar-refractivity contribution is 5.90. The number of alkyl halides is 1. The molecule has 1 saturated heterocycles. The molecule has 0 radical (unpaired) electrons. The Morgan fingerprint density at radius 1 is 0.754 bits per heavy atom.